The normalized spacial score (nSPS) is 16.9. The maximum atomic E-state index is 12.5. The van der Waals surface area contributed by atoms with Gasteiger partial charge in [-0.2, -0.15) is 0 Å². The quantitative estimate of drug-likeness (QED) is 0.689. The SMILES string of the molecule is CCCNCc1ccccc1S(=O)(=O)NCC1(CC)CC1. The first-order chi connectivity index (χ1) is 10.0. The monoisotopic (exact) mass is 310 g/mol. The molecule has 0 spiro atoms. The van der Waals surface area contributed by atoms with Crippen LogP contribution in [0.5, 0.6) is 0 Å². The zero-order valence-electron chi connectivity index (χ0n) is 13.0. The molecule has 2 N–H and O–H groups in total. The Labute approximate surface area is 128 Å². The van der Waals surface area contributed by atoms with Crippen molar-refractivity contribution in [3.63, 3.8) is 0 Å². The summed E-state index contributed by atoms with van der Waals surface area (Å²) >= 11 is 0. The lowest BCUT2D eigenvalue weighted by atomic mass is 10.1. The van der Waals surface area contributed by atoms with Gasteiger partial charge in [0.2, 0.25) is 10.0 Å². The molecule has 0 atom stereocenters. The summed E-state index contributed by atoms with van der Waals surface area (Å²) in [4.78, 5) is 0.403. The lowest BCUT2D eigenvalue weighted by Crippen LogP contribution is -2.31. The van der Waals surface area contributed by atoms with Gasteiger partial charge in [-0.05, 0) is 49.3 Å². The summed E-state index contributed by atoms with van der Waals surface area (Å²) < 4.78 is 27.9. The van der Waals surface area contributed by atoms with Crippen LogP contribution in [0.2, 0.25) is 0 Å². The van der Waals surface area contributed by atoms with E-state index in [1.54, 1.807) is 12.1 Å². The number of hydrogen-bond donors (Lipinski definition) is 2. The first kappa shape index (κ1) is 16.5. The van der Waals surface area contributed by atoms with Crippen LogP contribution in [-0.4, -0.2) is 21.5 Å². The van der Waals surface area contributed by atoms with Gasteiger partial charge in [0, 0.05) is 13.1 Å². The summed E-state index contributed by atoms with van der Waals surface area (Å²) in [5.74, 6) is 0. The van der Waals surface area contributed by atoms with E-state index >= 15 is 0 Å². The van der Waals surface area contributed by atoms with Crippen molar-refractivity contribution in [2.24, 2.45) is 5.41 Å². The molecule has 118 valence electrons. The Morgan fingerprint density at radius 1 is 1.19 bits per heavy atom. The molecule has 0 saturated heterocycles. The second kappa shape index (κ2) is 6.90. The zero-order chi connectivity index (χ0) is 15.3. The Morgan fingerprint density at radius 2 is 1.90 bits per heavy atom. The van der Waals surface area contributed by atoms with Crippen LogP contribution in [0.1, 0.15) is 45.1 Å². The molecular formula is C16H26N2O2S. The first-order valence-corrected chi connectivity index (χ1v) is 9.29. The van der Waals surface area contributed by atoms with E-state index in [0.29, 0.717) is 18.0 Å². The minimum absolute atomic E-state index is 0.211. The van der Waals surface area contributed by atoms with Crippen LogP contribution in [0.4, 0.5) is 0 Å². The third kappa shape index (κ3) is 4.28. The summed E-state index contributed by atoms with van der Waals surface area (Å²) in [5, 5.41) is 3.27. The van der Waals surface area contributed by atoms with Crippen molar-refractivity contribution in [1.29, 1.82) is 0 Å². The highest BCUT2D eigenvalue weighted by atomic mass is 32.2. The van der Waals surface area contributed by atoms with Gasteiger partial charge in [0.15, 0.2) is 0 Å². The minimum atomic E-state index is -3.42. The van der Waals surface area contributed by atoms with Crippen molar-refractivity contribution in [2.75, 3.05) is 13.1 Å². The van der Waals surface area contributed by atoms with Crippen molar-refractivity contribution in [1.82, 2.24) is 10.0 Å². The second-order valence-electron chi connectivity index (χ2n) is 5.96. The molecule has 2 rings (SSSR count). The fourth-order valence-electron chi connectivity index (χ4n) is 2.47. The molecule has 4 nitrogen and oxygen atoms in total. The maximum absolute atomic E-state index is 12.5. The van der Waals surface area contributed by atoms with E-state index < -0.39 is 10.0 Å². The summed E-state index contributed by atoms with van der Waals surface area (Å²) in [5.41, 5.74) is 1.04. The number of rotatable bonds is 9. The maximum Gasteiger partial charge on any atom is 0.240 e. The van der Waals surface area contributed by atoms with Crippen LogP contribution in [0.25, 0.3) is 0 Å². The Morgan fingerprint density at radius 3 is 2.52 bits per heavy atom. The van der Waals surface area contributed by atoms with Gasteiger partial charge in [0.05, 0.1) is 4.90 Å². The van der Waals surface area contributed by atoms with Crippen molar-refractivity contribution < 1.29 is 8.42 Å². The molecule has 5 heteroatoms. The van der Waals surface area contributed by atoms with Crippen molar-refractivity contribution in [2.45, 2.75) is 51.0 Å². The van der Waals surface area contributed by atoms with E-state index in [9.17, 15) is 8.42 Å². The van der Waals surface area contributed by atoms with Crippen LogP contribution in [-0.2, 0) is 16.6 Å². The van der Waals surface area contributed by atoms with E-state index in [-0.39, 0.29) is 5.41 Å². The van der Waals surface area contributed by atoms with E-state index in [2.05, 4.69) is 23.9 Å². The predicted octanol–water partition coefficient (Wildman–Crippen LogP) is 2.65. The molecule has 0 heterocycles. The number of hydrogen-bond acceptors (Lipinski definition) is 3. The average molecular weight is 310 g/mol. The lowest BCUT2D eigenvalue weighted by molar-refractivity contribution is 0.475. The molecule has 21 heavy (non-hydrogen) atoms. The molecule has 1 saturated carbocycles. The van der Waals surface area contributed by atoms with Gasteiger partial charge in [-0.25, -0.2) is 13.1 Å². The van der Waals surface area contributed by atoms with Gasteiger partial charge < -0.3 is 5.32 Å². The van der Waals surface area contributed by atoms with Crippen LogP contribution in [0.3, 0.4) is 0 Å². The van der Waals surface area contributed by atoms with Gasteiger partial charge in [-0.3, -0.25) is 0 Å². The second-order valence-corrected chi connectivity index (χ2v) is 7.70. The van der Waals surface area contributed by atoms with Crippen LogP contribution < -0.4 is 10.0 Å². The molecule has 1 aromatic carbocycles. The Hall–Kier alpha value is -0.910. The van der Waals surface area contributed by atoms with Gasteiger partial charge in [0.1, 0.15) is 0 Å². The zero-order valence-corrected chi connectivity index (χ0v) is 13.8. The average Bonchev–Trinajstić information content (AvgIpc) is 3.27. The van der Waals surface area contributed by atoms with Gasteiger partial charge in [-0.1, -0.05) is 32.0 Å². The van der Waals surface area contributed by atoms with Crippen molar-refractivity contribution in [3.05, 3.63) is 29.8 Å². The van der Waals surface area contributed by atoms with E-state index in [4.69, 9.17) is 0 Å². The molecule has 0 radical (unpaired) electrons. The molecular weight excluding hydrogens is 284 g/mol. The topological polar surface area (TPSA) is 58.2 Å². The molecule has 1 aromatic rings. The molecule has 1 aliphatic carbocycles. The highest BCUT2D eigenvalue weighted by Gasteiger charge is 2.41. The summed E-state index contributed by atoms with van der Waals surface area (Å²) in [6, 6.07) is 7.24. The minimum Gasteiger partial charge on any atom is -0.313 e. The van der Waals surface area contributed by atoms with E-state index in [0.717, 1.165) is 37.8 Å². The fourth-order valence-corrected chi connectivity index (χ4v) is 3.86. The van der Waals surface area contributed by atoms with Crippen LogP contribution in [0.15, 0.2) is 29.2 Å². The molecule has 1 aliphatic rings. The Bertz CT molecular complexity index is 565. The third-order valence-corrected chi connectivity index (χ3v) is 5.85. The highest BCUT2D eigenvalue weighted by molar-refractivity contribution is 7.89. The van der Waals surface area contributed by atoms with Gasteiger partial charge in [-0.15, -0.1) is 0 Å². The molecule has 0 amide bonds. The third-order valence-electron chi connectivity index (χ3n) is 4.35. The molecule has 0 aliphatic heterocycles. The summed E-state index contributed by atoms with van der Waals surface area (Å²) in [7, 11) is -3.42. The molecule has 0 unspecified atom stereocenters. The summed E-state index contributed by atoms with van der Waals surface area (Å²) in [6.45, 7) is 6.26. The lowest BCUT2D eigenvalue weighted by Gasteiger charge is -2.16. The first-order valence-electron chi connectivity index (χ1n) is 7.81. The smallest absolute Gasteiger partial charge is 0.240 e. The van der Waals surface area contributed by atoms with Gasteiger partial charge >= 0.3 is 0 Å². The molecule has 1 fully saturated rings. The molecule has 0 aromatic heterocycles. The van der Waals surface area contributed by atoms with Crippen molar-refractivity contribution >= 4 is 10.0 Å². The van der Waals surface area contributed by atoms with Crippen LogP contribution >= 0.6 is 0 Å². The van der Waals surface area contributed by atoms with Crippen LogP contribution in [0, 0.1) is 5.41 Å². The van der Waals surface area contributed by atoms with E-state index in [1.165, 1.54) is 0 Å². The highest BCUT2D eigenvalue weighted by Crippen LogP contribution is 2.48. The number of nitrogens with one attached hydrogen (secondary N) is 2. The van der Waals surface area contributed by atoms with Gasteiger partial charge in [0.25, 0.3) is 0 Å². The Balaban J connectivity index is 2.08. The van der Waals surface area contributed by atoms with E-state index in [1.807, 2.05) is 12.1 Å². The Kier molecular flexibility index (Phi) is 5.41. The predicted molar refractivity (Wildman–Crippen MR) is 85.6 cm³/mol. The largest absolute Gasteiger partial charge is 0.313 e. The molecule has 0 bridgehead atoms. The standard InChI is InChI=1S/C16H26N2O2S/c1-3-11-17-12-14-7-5-6-8-15(14)21(19,20)18-13-16(4-2)9-10-16/h5-8,17-18H,3-4,9-13H2,1-2H3. The number of benzene rings is 1. The fraction of sp³-hybridized carbons (Fsp3) is 0.625. The van der Waals surface area contributed by atoms with Crippen molar-refractivity contribution in [3.8, 4) is 0 Å². The number of sulfonamides is 1. The summed E-state index contributed by atoms with van der Waals surface area (Å²) in [6.07, 6.45) is 4.33.